The van der Waals surface area contributed by atoms with Crippen LogP contribution in [0.4, 0.5) is 0 Å². The van der Waals surface area contributed by atoms with E-state index < -0.39 is 5.54 Å². The van der Waals surface area contributed by atoms with Crippen LogP contribution in [0.3, 0.4) is 0 Å². The molecule has 2 aromatic rings. The van der Waals surface area contributed by atoms with Gasteiger partial charge in [0.2, 0.25) is 11.8 Å². The normalized spacial score (nSPS) is 12.2. The molecule has 0 aliphatic heterocycles. The molecule has 130 valence electrons. The maximum atomic E-state index is 12.2. The first-order valence-corrected chi connectivity index (χ1v) is 9.40. The summed E-state index contributed by atoms with van der Waals surface area (Å²) in [6.45, 7) is 9.75. The Labute approximate surface area is 155 Å². The zero-order chi connectivity index (χ0) is 18.0. The van der Waals surface area contributed by atoms with Crippen molar-refractivity contribution in [3.8, 4) is 0 Å². The van der Waals surface area contributed by atoms with Gasteiger partial charge in [-0.3, -0.25) is 4.79 Å². The quantitative estimate of drug-likeness (QED) is 0.743. The first-order chi connectivity index (χ1) is 11.1. The molecule has 1 heterocycles. The van der Waals surface area contributed by atoms with Crippen molar-refractivity contribution in [1.82, 2.24) is 15.5 Å². The van der Waals surface area contributed by atoms with E-state index in [1.807, 2.05) is 58.9 Å². The van der Waals surface area contributed by atoms with Crippen LogP contribution < -0.4 is 5.32 Å². The van der Waals surface area contributed by atoms with Gasteiger partial charge in [0.25, 0.3) is 0 Å². The molecule has 0 bridgehead atoms. The number of halogens is 1. The third-order valence-electron chi connectivity index (χ3n) is 3.26. The summed E-state index contributed by atoms with van der Waals surface area (Å²) in [7, 11) is 0. The first kappa shape index (κ1) is 19.0. The Morgan fingerprint density at radius 3 is 2.38 bits per heavy atom. The Balaban J connectivity index is 1.96. The van der Waals surface area contributed by atoms with Crippen LogP contribution in [-0.4, -0.2) is 21.8 Å². The monoisotopic (exact) mass is 411 g/mol. The lowest BCUT2D eigenvalue weighted by molar-refractivity contribution is -0.120. The lowest BCUT2D eigenvalue weighted by atomic mass is 9.97. The molecule has 0 spiro atoms. The summed E-state index contributed by atoms with van der Waals surface area (Å²) >= 11 is 4.88. The minimum Gasteiger partial charge on any atom is -0.343 e. The van der Waals surface area contributed by atoms with Crippen molar-refractivity contribution < 1.29 is 9.32 Å². The maximum absolute atomic E-state index is 12.2. The van der Waals surface area contributed by atoms with E-state index in [0.29, 0.717) is 17.5 Å². The summed E-state index contributed by atoms with van der Waals surface area (Å²) in [5.74, 6) is 1.29. The van der Waals surface area contributed by atoms with Gasteiger partial charge in [-0.2, -0.15) is 4.98 Å². The zero-order valence-corrected chi connectivity index (χ0v) is 16.9. The van der Waals surface area contributed by atoms with Gasteiger partial charge in [-0.05, 0) is 38.1 Å². The predicted molar refractivity (Wildman–Crippen MR) is 99.0 cm³/mol. The van der Waals surface area contributed by atoms with Gasteiger partial charge >= 0.3 is 0 Å². The van der Waals surface area contributed by atoms with Crippen molar-refractivity contribution in [2.75, 3.05) is 5.75 Å². The number of carbonyl (C=O) groups is 1. The molecule has 1 aromatic heterocycles. The summed E-state index contributed by atoms with van der Waals surface area (Å²) in [5, 5.41) is 6.99. The number of benzene rings is 1. The standard InChI is InChI=1S/C17H22BrN3O2S/c1-16(2,3)15-19-14(21-23-15)17(4,5)20-13(22)10-24-12-8-6-11(18)7-9-12/h6-9H,10H2,1-5H3,(H,20,22). The first-order valence-electron chi connectivity index (χ1n) is 7.62. The van der Waals surface area contributed by atoms with E-state index in [1.165, 1.54) is 11.8 Å². The number of hydrogen-bond donors (Lipinski definition) is 1. The van der Waals surface area contributed by atoms with Crippen molar-refractivity contribution in [3.05, 3.63) is 40.5 Å². The largest absolute Gasteiger partial charge is 0.343 e. The Morgan fingerprint density at radius 2 is 1.83 bits per heavy atom. The molecule has 0 saturated carbocycles. The minimum absolute atomic E-state index is 0.0740. The lowest BCUT2D eigenvalue weighted by Gasteiger charge is -2.22. The molecule has 0 saturated heterocycles. The molecule has 1 aromatic carbocycles. The number of thioether (sulfide) groups is 1. The lowest BCUT2D eigenvalue weighted by Crippen LogP contribution is -2.42. The van der Waals surface area contributed by atoms with Crippen LogP contribution in [0.15, 0.2) is 38.2 Å². The van der Waals surface area contributed by atoms with Crippen molar-refractivity contribution in [2.24, 2.45) is 0 Å². The molecule has 2 rings (SSSR count). The Morgan fingerprint density at radius 1 is 1.21 bits per heavy atom. The summed E-state index contributed by atoms with van der Waals surface area (Å²) in [6.07, 6.45) is 0. The van der Waals surface area contributed by atoms with Crippen LogP contribution in [0, 0.1) is 0 Å². The average Bonchev–Trinajstić information content (AvgIpc) is 2.97. The minimum atomic E-state index is -0.690. The van der Waals surface area contributed by atoms with Crippen molar-refractivity contribution >= 4 is 33.6 Å². The number of rotatable bonds is 5. The van der Waals surface area contributed by atoms with Gasteiger partial charge in [-0.25, -0.2) is 0 Å². The van der Waals surface area contributed by atoms with Gasteiger partial charge in [-0.15, -0.1) is 11.8 Å². The molecule has 0 fully saturated rings. The SMILES string of the molecule is CC(C)(C)c1nc(C(C)(C)NC(=O)CSc2ccc(Br)cc2)no1. The van der Waals surface area contributed by atoms with Crippen LogP contribution in [0.1, 0.15) is 46.3 Å². The highest BCUT2D eigenvalue weighted by atomic mass is 79.9. The van der Waals surface area contributed by atoms with Gasteiger partial charge in [0.05, 0.1) is 11.3 Å². The highest BCUT2D eigenvalue weighted by molar-refractivity contribution is 9.10. The second-order valence-electron chi connectivity index (χ2n) is 7.09. The summed E-state index contributed by atoms with van der Waals surface area (Å²) in [5.41, 5.74) is -0.910. The van der Waals surface area contributed by atoms with Crippen molar-refractivity contribution in [1.29, 1.82) is 0 Å². The molecule has 0 unspecified atom stereocenters. The van der Waals surface area contributed by atoms with E-state index in [-0.39, 0.29) is 11.3 Å². The summed E-state index contributed by atoms with van der Waals surface area (Å²) < 4.78 is 6.33. The highest BCUT2D eigenvalue weighted by Crippen LogP contribution is 2.25. The zero-order valence-electron chi connectivity index (χ0n) is 14.5. The summed E-state index contributed by atoms with van der Waals surface area (Å²) in [6, 6.07) is 7.86. The van der Waals surface area contributed by atoms with E-state index in [0.717, 1.165) is 9.37 Å². The Bertz CT molecular complexity index is 705. The molecule has 24 heavy (non-hydrogen) atoms. The van der Waals surface area contributed by atoms with E-state index in [4.69, 9.17) is 4.52 Å². The molecule has 0 aliphatic carbocycles. The predicted octanol–water partition coefficient (Wildman–Crippen LogP) is 4.27. The number of amides is 1. The molecule has 0 atom stereocenters. The highest BCUT2D eigenvalue weighted by Gasteiger charge is 2.31. The number of hydrogen-bond acceptors (Lipinski definition) is 5. The van der Waals surface area contributed by atoms with Gasteiger partial charge in [-0.1, -0.05) is 41.9 Å². The smallest absolute Gasteiger partial charge is 0.232 e. The fourth-order valence-corrected chi connectivity index (χ4v) is 2.87. The number of carbonyl (C=O) groups excluding carboxylic acids is 1. The molecular formula is C17H22BrN3O2S. The van der Waals surface area contributed by atoms with Crippen molar-refractivity contribution in [2.45, 2.75) is 50.5 Å². The van der Waals surface area contributed by atoms with E-state index in [9.17, 15) is 4.79 Å². The van der Waals surface area contributed by atoms with Crippen molar-refractivity contribution in [3.63, 3.8) is 0 Å². The maximum Gasteiger partial charge on any atom is 0.232 e. The molecule has 0 radical (unpaired) electrons. The average molecular weight is 412 g/mol. The molecule has 1 N–H and O–H groups in total. The molecule has 5 nitrogen and oxygen atoms in total. The van der Waals surface area contributed by atoms with Crippen LogP contribution in [-0.2, 0) is 15.7 Å². The van der Waals surface area contributed by atoms with E-state index >= 15 is 0 Å². The van der Waals surface area contributed by atoms with E-state index in [1.54, 1.807) is 0 Å². The number of aromatic nitrogens is 2. The fraction of sp³-hybridized carbons (Fsp3) is 0.471. The van der Waals surface area contributed by atoms with Crippen LogP contribution >= 0.6 is 27.7 Å². The van der Waals surface area contributed by atoms with Crippen LogP contribution in [0.5, 0.6) is 0 Å². The van der Waals surface area contributed by atoms with E-state index in [2.05, 4.69) is 31.4 Å². The molecule has 7 heteroatoms. The Kier molecular flexibility index (Phi) is 5.75. The third kappa shape index (κ3) is 5.08. The Hall–Kier alpha value is -1.34. The third-order valence-corrected chi connectivity index (χ3v) is 4.80. The van der Waals surface area contributed by atoms with Gasteiger partial charge < -0.3 is 9.84 Å². The summed E-state index contributed by atoms with van der Waals surface area (Å²) in [4.78, 5) is 17.7. The second kappa shape index (κ2) is 7.27. The van der Waals surface area contributed by atoms with Crippen LogP contribution in [0.2, 0.25) is 0 Å². The molecular weight excluding hydrogens is 390 g/mol. The topological polar surface area (TPSA) is 68.0 Å². The number of nitrogens with one attached hydrogen (secondary N) is 1. The van der Waals surface area contributed by atoms with Gasteiger partial charge in [0.1, 0.15) is 0 Å². The van der Waals surface area contributed by atoms with Crippen LogP contribution in [0.25, 0.3) is 0 Å². The fourth-order valence-electron chi connectivity index (χ4n) is 1.90. The molecule has 0 aliphatic rings. The van der Waals surface area contributed by atoms with Gasteiger partial charge in [0, 0.05) is 14.8 Å². The molecule has 1 amide bonds. The van der Waals surface area contributed by atoms with Gasteiger partial charge in [0.15, 0.2) is 5.82 Å². The second-order valence-corrected chi connectivity index (χ2v) is 9.05. The number of nitrogens with zero attached hydrogens (tertiary/aromatic N) is 2.